The first-order valence-electron chi connectivity index (χ1n) is 5.11. The standard InChI is InChI=1S/C11H14F2N2O/c1-7(2)3-6-10(16)14-8-4-5-9(12)15-11(8)13/h4-5,7H,3,6H2,1-2H3,(H,14,16). The van der Waals surface area contributed by atoms with Crippen molar-refractivity contribution in [2.75, 3.05) is 5.32 Å². The van der Waals surface area contributed by atoms with Crippen LogP contribution in [-0.4, -0.2) is 10.9 Å². The summed E-state index contributed by atoms with van der Waals surface area (Å²) in [6, 6.07) is 2.16. The summed E-state index contributed by atoms with van der Waals surface area (Å²) < 4.78 is 25.5. The molecule has 1 heterocycles. The summed E-state index contributed by atoms with van der Waals surface area (Å²) >= 11 is 0. The van der Waals surface area contributed by atoms with Crippen LogP contribution < -0.4 is 5.32 Å². The first kappa shape index (κ1) is 12.5. The van der Waals surface area contributed by atoms with E-state index in [1.807, 2.05) is 13.8 Å². The van der Waals surface area contributed by atoms with Gasteiger partial charge in [-0.2, -0.15) is 13.8 Å². The zero-order valence-electron chi connectivity index (χ0n) is 9.26. The number of nitrogens with zero attached hydrogens (tertiary/aromatic N) is 1. The Labute approximate surface area is 92.9 Å². The number of rotatable bonds is 4. The minimum absolute atomic E-state index is 0.0878. The lowest BCUT2D eigenvalue weighted by Gasteiger charge is -2.06. The van der Waals surface area contributed by atoms with Crippen molar-refractivity contribution in [3.05, 3.63) is 24.0 Å². The van der Waals surface area contributed by atoms with Gasteiger partial charge in [-0.15, -0.1) is 0 Å². The van der Waals surface area contributed by atoms with Crippen molar-refractivity contribution < 1.29 is 13.6 Å². The minimum atomic E-state index is -1.00. The molecule has 0 aliphatic carbocycles. The Balaban J connectivity index is 2.56. The van der Waals surface area contributed by atoms with Crippen LogP contribution in [0.1, 0.15) is 26.7 Å². The van der Waals surface area contributed by atoms with Crippen molar-refractivity contribution in [2.45, 2.75) is 26.7 Å². The molecule has 1 N–H and O–H groups in total. The molecule has 0 atom stereocenters. The maximum Gasteiger partial charge on any atom is 0.239 e. The fraction of sp³-hybridized carbons (Fsp3) is 0.455. The summed E-state index contributed by atoms with van der Waals surface area (Å²) in [6.07, 6.45) is 1.04. The lowest BCUT2D eigenvalue weighted by atomic mass is 10.1. The third kappa shape index (κ3) is 3.92. The summed E-state index contributed by atoms with van der Waals surface area (Å²) in [4.78, 5) is 14.3. The fourth-order valence-corrected chi connectivity index (χ4v) is 1.14. The van der Waals surface area contributed by atoms with Crippen LogP contribution in [0.3, 0.4) is 0 Å². The highest BCUT2D eigenvalue weighted by atomic mass is 19.1. The molecule has 0 saturated carbocycles. The average Bonchev–Trinajstić information content (AvgIpc) is 2.19. The van der Waals surface area contributed by atoms with Crippen LogP contribution in [0.25, 0.3) is 0 Å². The van der Waals surface area contributed by atoms with Gasteiger partial charge < -0.3 is 5.32 Å². The van der Waals surface area contributed by atoms with Gasteiger partial charge in [0, 0.05) is 6.42 Å². The van der Waals surface area contributed by atoms with Gasteiger partial charge in [0.05, 0.1) is 5.69 Å². The molecule has 0 aliphatic rings. The molecule has 3 nitrogen and oxygen atoms in total. The highest BCUT2D eigenvalue weighted by Gasteiger charge is 2.09. The normalized spacial score (nSPS) is 10.6. The molecule has 5 heteroatoms. The maximum absolute atomic E-state index is 13.0. The van der Waals surface area contributed by atoms with E-state index < -0.39 is 11.9 Å². The molecule has 88 valence electrons. The second-order valence-corrected chi connectivity index (χ2v) is 3.95. The van der Waals surface area contributed by atoms with Crippen LogP contribution in [0.15, 0.2) is 12.1 Å². The molecular weight excluding hydrogens is 214 g/mol. The van der Waals surface area contributed by atoms with Crippen molar-refractivity contribution in [2.24, 2.45) is 5.92 Å². The molecule has 0 unspecified atom stereocenters. The van der Waals surface area contributed by atoms with Gasteiger partial charge in [-0.3, -0.25) is 4.79 Å². The summed E-state index contributed by atoms with van der Waals surface area (Å²) in [5, 5.41) is 2.35. The van der Waals surface area contributed by atoms with Crippen molar-refractivity contribution in [3.63, 3.8) is 0 Å². The van der Waals surface area contributed by atoms with Crippen molar-refractivity contribution in [1.82, 2.24) is 4.98 Å². The Hall–Kier alpha value is -1.52. The van der Waals surface area contributed by atoms with E-state index in [4.69, 9.17) is 0 Å². The second-order valence-electron chi connectivity index (χ2n) is 3.95. The summed E-state index contributed by atoms with van der Waals surface area (Å²) in [5.41, 5.74) is -0.0878. The number of hydrogen-bond donors (Lipinski definition) is 1. The Kier molecular flexibility index (Phi) is 4.34. The number of nitrogens with one attached hydrogen (secondary N) is 1. The number of amides is 1. The van der Waals surface area contributed by atoms with E-state index in [1.165, 1.54) is 0 Å². The molecule has 1 aromatic rings. The zero-order valence-corrected chi connectivity index (χ0v) is 9.26. The van der Waals surface area contributed by atoms with Crippen molar-refractivity contribution in [1.29, 1.82) is 0 Å². The Morgan fingerprint density at radius 2 is 2.12 bits per heavy atom. The predicted octanol–water partition coefficient (Wildman–Crippen LogP) is 2.73. The number of halogens is 2. The van der Waals surface area contributed by atoms with Crippen molar-refractivity contribution >= 4 is 11.6 Å². The predicted molar refractivity (Wildman–Crippen MR) is 56.9 cm³/mol. The number of pyridine rings is 1. The number of aromatic nitrogens is 1. The second kappa shape index (κ2) is 5.53. The monoisotopic (exact) mass is 228 g/mol. The lowest BCUT2D eigenvalue weighted by molar-refractivity contribution is -0.116. The summed E-state index contributed by atoms with van der Waals surface area (Å²) in [7, 11) is 0. The van der Waals surface area contributed by atoms with Crippen LogP contribution in [0, 0.1) is 17.8 Å². The molecule has 0 aliphatic heterocycles. The van der Waals surface area contributed by atoms with E-state index in [0.29, 0.717) is 12.3 Å². The number of carbonyl (C=O) groups excluding carboxylic acids is 1. The number of hydrogen-bond acceptors (Lipinski definition) is 2. The van der Waals surface area contributed by atoms with Crippen LogP contribution >= 0.6 is 0 Å². The summed E-state index contributed by atoms with van der Waals surface area (Å²) in [5.74, 6) is -1.79. The zero-order chi connectivity index (χ0) is 12.1. The Morgan fingerprint density at radius 3 is 2.69 bits per heavy atom. The van der Waals surface area contributed by atoms with Crippen LogP contribution in [-0.2, 0) is 4.79 Å². The SMILES string of the molecule is CC(C)CCC(=O)Nc1ccc(F)nc1F. The first-order valence-corrected chi connectivity index (χ1v) is 5.11. The first-order chi connectivity index (χ1) is 7.49. The quantitative estimate of drug-likeness (QED) is 0.805. The van der Waals surface area contributed by atoms with E-state index >= 15 is 0 Å². The van der Waals surface area contributed by atoms with Gasteiger partial charge in [-0.05, 0) is 24.5 Å². The molecule has 0 bridgehead atoms. The van der Waals surface area contributed by atoms with Crippen LogP contribution in [0.2, 0.25) is 0 Å². The molecule has 0 spiro atoms. The van der Waals surface area contributed by atoms with Crippen molar-refractivity contribution in [3.8, 4) is 0 Å². The van der Waals surface area contributed by atoms with Crippen LogP contribution in [0.5, 0.6) is 0 Å². The molecular formula is C11H14F2N2O. The third-order valence-electron chi connectivity index (χ3n) is 2.04. The number of anilines is 1. The van der Waals surface area contributed by atoms with E-state index in [-0.39, 0.29) is 11.6 Å². The molecule has 0 saturated heterocycles. The largest absolute Gasteiger partial charge is 0.322 e. The van der Waals surface area contributed by atoms with Gasteiger partial charge >= 0.3 is 0 Å². The Bertz CT molecular complexity index is 380. The molecule has 0 fully saturated rings. The van der Waals surface area contributed by atoms with E-state index in [1.54, 1.807) is 0 Å². The molecule has 16 heavy (non-hydrogen) atoms. The van der Waals surface area contributed by atoms with Gasteiger partial charge in [0.25, 0.3) is 0 Å². The molecule has 0 aromatic carbocycles. The Morgan fingerprint density at radius 1 is 1.44 bits per heavy atom. The lowest BCUT2D eigenvalue weighted by Crippen LogP contribution is -2.14. The van der Waals surface area contributed by atoms with E-state index in [9.17, 15) is 13.6 Å². The fourth-order valence-electron chi connectivity index (χ4n) is 1.14. The number of carbonyl (C=O) groups is 1. The molecule has 0 radical (unpaired) electrons. The minimum Gasteiger partial charge on any atom is -0.322 e. The average molecular weight is 228 g/mol. The maximum atomic E-state index is 13.0. The highest BCUT2D eigenvalue weighted by Crippen LogP contribution is 2.13. The van der Waals surface area contributed by atoms with Gasteiger partial charge in [0.1, 0.15) is 0 Å². The molecule has 1 rings (SSSR count). The summed E-state index contributed by atoms with van der Waals surface area (Å²) in [6.45, 7) is 3.99. The van der Waals surface area contributed by atoms with E-state index in [0.717, 1.165) is 18.6 Å². The van der Waals surface area contributed by atoms with Gasteiger partial charge in [-0.25, -0.2) is 0 Å². The van der Waals surface area contributed by atoms with Gasteiger partial charge in [0.15, 0.2) is 0 Å². The molecule has 1 aromatic heterocycles. The smallest absolute Gasteiger partial charge is 0.239 e. The van der Waals surface area contributed by atoms with E-state index in [2.05, 4.69) is 10.3 Å². The molecule has 1 amide bonds. The third-order valence-corrected chi connectivity index (χ3v) is 2.04. The highest BCUT2D eigenvalue weighted by molar-refractivity contribution is 5.90. The van der Waals surface area contributed by atoms with Gasteiger partial charge in [0.2, 0.25) is 17.8 Å². The van der Waals surface area contributed by atoms with Crippen LogP contribution in [0.4, 0.5) is 14.5 Å². The van der Waals surface area contributed by atoms with Gasteiger partial charge in [-0.1, -0.05) is 13.8 Å². The topological polar surface area (TPSA) is 42.0 Å².